The fraction of sp³-hybridized carbons (Fsp3) is 0.478. The van der Waals surface area contributed by atoms with Crippen LogP contribution in [0.3, 0.4) is 0 Å². The van der Waals surface area contributed by atoms with Crippen molar-refractivity contribution in [3.63, 3.8) is 0 Å². The summed E-state index contributed by atoms with van der Waals surface area (Å²) in [4.78, 5) is 28.5. The first-order chi connectivity index (χ1) is 15.3. The van der Waals surface area contributed by atoms with Gasteiger partial charge in [0.2, 0.25) is 11.9 Å². The van der Waals surface area contributed by atoms with E-state index < -0.39 is 17.7 Å². The molecule has 3 aromatic rings. The van der Waals surface area contributed by atoms with Gasteiger partial charge in [-0.3, -0.25) is 4.79 Å². The third-order valence-corrected chi connectivity index (χ3v) is 6.20. The molecule has 1 aliphatic rings. The highest BCUT2D eigenvalue weighted by molar-refractivity contribution is 6.18. The van der Waals surface area contributed by atoms with Crippen molar-refractivity contribution >= 4 is 22.6 Å². The van der Waals surface area contributed by atoms with Crippen LogP contribution < -0.4 is 5.32 Å². The quantitative estimate of drug-likeness (QED) is 0.381. The van der Waals surface area contributed by atoms with Crippen molar-refractivity contribution in [2.45, 2.75) is 64.3 Å². The molecule has 9 heteroatoms. The molecule has 3 aromatic heterocycles. The van der Waals surface area contributed by atoms with E-state index in [2.05, 4.69) is 25.3 Å². The van der Waals surface area contributed by atoms with Gasteiger partial charge in [-0.05, 0) is 50.7 Å². The molecular weight excluding hydrogens is 419 g/mol. The molecule has 1 aliphatic carbocycles. The zero-order valence-corrected chi connectivity index (χ0v) is 18.1. The lowest BCUT2D eigenvalue weighted by molar-refractivity contribution is -0.0457. The number of anilines is 1. The normalized spacial score (nSPS) is 17.4. The first-order valence-electron chi connectivity index (χ1n) is 10.9. The second-order valence-corrected chi connectivity index (χ2v) is 8.58. The summed E-state index contributed by atoms with van der Waals surface area (Å²) >= 11 is 0. The number of nitrogens with one attached hydrogen (secondary N) is 2. The van der Waals surface area contributed by atoms with Gasteiger partial charge in [-0.25, -0.2) is 23.7 Å². The molecule has 0 bridgehead atoms. The van der Waals surface area contributed by atoms with Gasteiger partial charge in [0.25, 0.3) is 0 Å². The number of aromatic amines is 1. The van der Waals surface area contributed by atoms with E-state index in [0.29, 0.717) is 41.8 Å². The Hall–Kier alpha value is -2.97. The lowest BCUT2D eigenvalue weighted by Crippen LogP contribution is -2.25. The Bertz CT molecular complexity index is 1120. The molecule has 1 fully saturated rings. The minimum absolute atomic E-state index is 0.0445. The Morgan fingerprint density at radius 3 is 2.69 bits per heavy atom. The Labute approximate surface area is 184 Å². The second-order valence-electron chi connectivity index (χ2n) is 8.58. The molecule has 0 radical (unpaired) electrons. The summed E-state index contributed by atoms with van der Waals surface area (Å²) in [6.45, 7) is 4.03. The SMILES string of the molecule is CC[C@H](C)Nc1ncnc2[nH]cc(C(=O)c3ccc(CC4CCC(F)(F)CC4)nc3F)c12. The van der Waals surface area contributed by atoms with Crippen LogP contribution in [0.25, 0.3) is 11.0 Å². The maximum Gasteiger partial charge on any atom is 0.248 e. The van der Waals surface area contributed by atoms with Crippen LogP contribution in [0, 0.1) is 11.9 Å². The summed E-state index contributed by atoms with van der Waals surface area (Å²) in [6.07, 6.45) is 4.66. The Kier molecular flexibility index (Phi) is 6.17. The van der Waals surface area contributed by atoms with Crippen molar-refractivity contribution < 1.29 is 18.0 Å². The molecule has 0 spiro atoms. The number of rotatable bonds is 7. The zero-order valence-electron chi connectivity index (χ0n) is 18.1. The van der Waals surface area contributed by atoms with E-state index in [-0.39, 0.29) is 35.9 Å². The number of alkyl halides is 2. The number of hydrogen-bond donors (Lipinski definition) is 2. The summed E-state index contributed by atoms with van der Waals surface area (Å²) in [5.74, 6) is -3.43. The number of H-pyrrole nitrogens is 1. The Balaban J connectivity index is 1.57. The van der Waals surface area contributed by atoms with E-state index in [9.17, 15) is 18.0 Å². The van der Waals surface area contributed by atoms with Crippen LogP contribution in [0.4, 0.5) is 19.0 Å². The van der Waals surface area contributed by atoms with E-state index in [1.54, 1.807) is 6.07 Å². The number of aromatic nitrogens is 4. The van der Waals surface area contributed by atoms with E-state index in [4.69, 9.17) is 0 Å². The second kappa shape index (κ2) is 8.88. The van der Waals surface area contributed by atoms with Gasteiger partial charge in [0.15, 0.2) is 5.78 Å². The average molecular weight is 445 g/mol. The minimum Gasteiger partial charge on any atom is -0.367 e. The van der Waals surface area contributed by atoms with E-state index >= 15 is 0 Å². The average Bonchev–Trinajstić information content (AvgIpc) is 3.20. The minimum atomic E-state index is -2.60. The van der Waals surface area contributed by atoms with Gasteiger partial charge in [-0.1, -0.05) is 6.92 Å². The Morgan fingerprint density at radius 2 is 2.00 bits per heavy atom. The van der Waals surface area contributed by atoms with Crippen molar-refractivity contribution in [2.75, 3.05) is 5.32 Å². The van der Waals surface area contributed by atoms with Gasteiger partial charge in [0.05, 0.1) is 16.5 Å². The van der Waals surface area contributed by atoms with Crippen LogP contribution in [0.5, 0.6) is 0 Å². The number of halogens is 3. The third kappa shape index (κ3) is 4.61. The topological polar surface area (TPSA) is 83.6 Å². The largest absolute Gasteiger partial charge is 0.367 e. The smallest absolute Gasteiger partial charge is 0.248 e. The Morgan fingerprint density at radius 1 is 1.25 bits per heavy atom. The fourth-order valence-electron chi connectivity index (χ4n) is 4.09. The maximum absolute atomic E-state index is 14.8. The summed E-state index contributed by atoms with van der Waals surface area (Å²) in [5.41, 5.74) is 1.06. The van der Waals surface area contributed by atoms with Crippen LogP contribution in [0.15, 0.2) is 24.7 Å². The molecule has 0 amide bonds. The van der Waals surface area contributed by atoms with Gasteiger partial charge < -0.3 is 10.3 Å². The number of hydrogen-bond acceptors (Lipinski definition) is 5. The molecule has 0 unspecified atom stereocenters. The predicted octanol–water partition coefficient (Wildman–Crippen LogP) is 5.30. The molecular formula is C23H26F3N5O. The molecule has 0 saturated heterocycles. The number of pyridine rings is 1. The monoisotopic (exact) mass is 445 g/mol. The molecule has 1 saturated carbocycles. The number of carbonyl (C=O) groups is 1. The molecule has 1 atom stereocenters. The first-order valence-corrected chi connectivity index (χ1v) is 10.9. The molecule has 2 N–H and O–H groups in total. The zero-order chi connectivity index (χ0) is 22.9. The lowest BCUT2D eigenvalue weighted by Gasteiger charge is -2.28. The van der Waals surface area contributed by atoms with Crippen molar-refractivity contribution in [3.05, 3.63) is 47.4 Å². The van der Waals surface area contributed by atoms with E-state index in [1.807, 2.05) is 13.8 Å². The van der Waals surface area contributed by atoms with Gasteiger partial charge in [0.1, 0.15) is 17.8 Å². The standard InChI is InChI=1S/C23H26F3N5O/c1-3-13(2)30-22-18-17(11-27-21(18)28-12-29-22)19(32)16-5-4-15(31-20(16)24)10-14-6-8-23(25,26)9-7-14/h4-5,11-14H,3,6-10H2,1-2H3,(H2,27,28,29,30)/t13-/m0/s1. The lowest BCUT2D eigenvalue weighted by atomic mass is 9.84. The fourth-order valence-corrected chi connectivity index (χ4v) is 4.09. The van der Waals surface area contributed by atoms with Crippen LogP contribution in [-0.4, -0.2) is 37.7 Å². The van der Waals surface area contributed by atoms with E-state index in [0.717, 1.165) is 6.42 Å². The number of fused-ring (bicyclic) bond motifs is 1. The maximum atomic E-state index is 14.8. The van der Waals surface area contributed by atoms with Gasteiger partial charge in [-0.2, -0.15) is 4.39 Å². The van der Waals surface area contributed by atoms with Gasteiger partial charge in [-0.15, -0.1) is 0 Å². The molecule has 6 nitrogen and oxygen atoms in total. The summed E-state index contributed by atoms with van der Waals surface area (Å²) < 4.78 is 41.5. The van der Waals surface area contributed by atoms with Gasteiger partial charge >= 0.3 is 0 Å². The highest BCUT2D eigenvalue weighted by atomic mass is 19.3. The van der Waals surface area contributed by atoms with Crippen molar-refractivity contribution in [3.8, 4) is 0 Å². The van der Waals surface area contributed by atoms with E-state index in [1.165, 1.54) is 18.6 Å². The number of ketones is 1. The summed E-state index contributed by atoms with van der Waals surface area (Å²) in [6, 6.07) is 3.15. The van der Waals surface area contributed by atoms with Crippen molar-refractivity contribution in [1.29, 1.82) is 0 Å². The summed E-state index contributed by atoms with van der Waals surface area (Å²) in [7, 11) is 0. The van der Waals surface area contributed by atoms with Crippen molar-refractivity contribution in [1.82, 2.24) is 19.9 Å². The third-order valence-electron chi connectivity index (χ3n) is 6.20. The molecule has 0 aliphatic heterocycles. The highest BCUT2D eigenvalue weighted by Gasteiger charge is 2.35. The van der Waals surface area contributed by atoms with Crippen LogP contribution in [0.1, 0.15) is 67.6 Å². The number of nitrogens with zero attached hydrogens (tertiary/aromatic N) is 3. The molecule has 3 heterocycles. The molecule has 4 rings (SSSR count). The van der Waals surface area contributed by atoms with Crippen LogP contribution in [-0.2, 0) is 6.42 Å². The van der Waals surface area contributed by atoms with Gasteiger partial charge in [0, 0.05) is 30.8 Å². The van der Waals surface area contributed by atoms with Crippen LogP contribution in [0.2, 0.25) is 0 Å². The number of carbonyl (C=O) groups excluding carboxylic acids is 1. The first kappa shape index (κ1) is 22.2. The molecule has 0 aromatic carbocycles. The van der Waals surface area contributed by atoms with Crippen molar-refractivity contribution in [2.24, 2.45) is 5.92 Å². The predicted molar refractivity (Wildman–Crippen MR) is 116 cm³/mol. The molecule has 170 valence electrons. The summed E-state index contributed by atoms with van der Waals surface area (Å²) in [5, 5.41) is 3.76. The molecule has 32 heavy (non-hydrogen) atoms. The van der Waals surface area contributed by atoms with Crippen LogP contribution >= 0.6 is 0 Å². The highest BCUT2D eigenvalue weighted by Crippen LogP contribution is 2.37.